The lowest BCUT2D eigenvalue weighted by molar-refractivity contribution is -0.123. The summed E-state index contributed by atoms with van der Waals surface area (Å²) in [6.45, 7) is 4.66. The van der Waals surface area contributed by atoms with E-state index < -0.39 is 0 Å². The van der Waals surface area contributed by atoms with Crippen LogP contribution in [-0.2, 0) is 11.3 Å². The zero-order chi connectivity index (χ0) is 15.2. The topological polar surface area (TPSA) is 56.2 Å². The molecule has 0 aliphatic rings. The molecule has 1 aromatic carbocycles. The Labute approximate surface area is 128 Å². The number of hydrogen-bond acceptors (Lipinski definition) is 3. The molecule has 1 atom stereocenters. The number of aryl methyl sites for hydroxylation is 1. The highest BCUT2D eigenvalue weighted by molar-refractivity contribution is 6.30. The van der Waals surface area contributed by atoms with E-state index in [9.17, 15) is 4.79 Å². The van der Waals surface area contributed by atoms with Gasteiger partial charge < -0.3 is 10.1 Å². The van der Waals surface area contributed by atoms with Crippen molar-refractivity contribution in [1.82, 2.24) is 15.1 Å². The Kier molecular flexibility index (Phi) is 5.22. The fourth-order valence-corrected chi connectivity index (χ4v) is 2.14. The van der Waals surface area contributed by atoms with E-state index in [0.717, 1.165) is 12.2 Å². The summed E-state index contributed by atoms with van der Waals surface area (Å²) in [7, 11) is 0. The van der Waals surface area contributed by atoms with E-state index in [1.54, 1.807) is 30.5 Å². The van der Waals surface area contributed by atoms with Crippen molar-refractivity contribution in [2.75, 3.05) is 6.61 Å². The van der Waals surface area contributed by atoms with Gasteiger partial charge >= 0.3 is 0 Å². The molecule has 2 aromatic rings. The van der Waals surface area contributed by atoms with Crippen LogP contribution in [0.25, 0.3) is 0 Å². The maximum atomic E-state index is 11.9. The van der Waals surface area contributed by atoms with Crippen molar-refractivity contribution in [1.29, 1.82) is 0 Å². The monoisotopic (exact) mass is 307 g/mol. The molecule has 5 nitrogen and oxygen atoms in total. The summed E-state index contributed by atoms with van der Waals surface area (Å²) in [4.78, 5) is 11.9. The quantitative estimate of drug-likeness (QED) is 0.893. The third-order valence-electron chi connectivity index (χ3n) is 3.05. The second-order valence-corrected chi connectivity index (χ2v) is 5.04. The fourth-order valence-electron chi connectivity index (χ4n) is 2.01. The van der Waals surface area contributed by atoms with Crippen LogP contribution in [0.3, 0.4) is 0 Å². The van der Waals surface area contributed by atoms with Crippen molar-refractivity contribution in [3.05, 3.63) is 47.2 Å². The van der Waals surface area contributed by atoms with Crippen molar-refractivity contribution in [3.63, 3.8) is 0 Å². The SMILES string of the molecule is CCn1nccc1C(C)NC(=O)COc1ccc(Cl)cc1. The largest absolute Gasteiger partial charge is 0.484 e. The van der Waals surface area contributed by atoms with E-state index in [4.69, 9.17) is 16.3 Å². The van der Waals surface area contributed by atoms with E-state index in [0.29, 0.717) is 10.8 Å². The van der Waals surface area contributed by atoms with Gasteiger partial charge in [-0.3, -0.25) is 9.48 Å². The molecule has 1 N–H and O–H groups in total. The van der Waals surface area contributed by atoms with Crippen LogP contribution >= 0.6 is 11.6 Å². The number of carbonyl (C=O) groups is 1. The molecule has 0 fully saturated rings. The molecule has 0 saturated heterocycles. The summed E-state index contributed by atoms with van der Waals surface area (Å²) in [6, 6.07) is 8.67. The molecular formula is C15H18ClN3O2. The molecule has 1 heterocycles. The average Bonchev–Trinajstić information content (AvgIpc) is 2.95. The molecule has 1 amide bonds. The van der Waals surface area contributed by atoms with Crippen LogP contribution in [0.5, 0.6) is 5.75 Å². The summed E-state index contributed by atoms with van der Waals surface area (Å²) < 4.78 is 7.26. The first-order valence-electron chi connectivity index (χ1n) is 6.79. The number of rotatable bonds is 6. The van der Waals surface area contributed by atoms with E-state index >= 15 is 0 Å². The van der Waals surface area contributed by atoms with E-state index in [2.05, 4.69) is 10.4 Å². The molecule has 0 spiro atoms. The van der Waals surface area contributed by atoms with Gasteiger partial charge in [-0.2, -0.15) is 5.10 Å². The van der Waals surface area contributed by atoms with Crippen molar-refractivity contribution in [2.45, 2.75) is 26.4 Å². The number of halogens is 1. The summed E-state index contributed by atoms with van der Waals surface area (Å²) in [5, 5.41) is 7.71. The molecule has 2 rings (SSSR count). The van der Waals surface area contributed by atoms with Gasteiger partial charge in [0.15, 0.2) is 6.61 Å². The number of hydrogen-bond donors (Lipinski definition) is 1. The van der Waals surface area contributed by atoms with Gasteiger partial charge in [0.1, 0.15) is 5.75 Å². The minimum Gasteiger partial charge on any atom is -0.484 e. The summed E-state index contributed by atoms with van der Waals surface area (Å²) in [5.74, 6) is 0.433. The van der Waals surface area contributed by atoms with Gasteiger partial charge in [0.25, 0.3) is 5.91 Å². The van der Waals surface area contributed by atoms with E-state index in [1.165, 1.54) is 0 Å². The highest BCUT2D eigenvalue weighted by Gasteiger charge is 2.13. The molecule has 0 bridgehead atoms. The number of amides is 1. The first-order valence-corrected chi connectivity index (χ1v) is 7.17. The van der Waals surface area contributed by atoms with Crippen LogP contribution in [0, 0.1) is 0 Å². The van der Waals surface area contributed by atoms with Gasteiger partial charge in [-0.05, 0) is 44.2 Å². The van der Waals surface area contributed by atoms with Crippen molar-refractivity contribution >= 4 is 17.5 Å². The predicted molar refractivity (Wildman–Crippen MR) is 81.4 cm³/mol. The average molecular weight is 308 g/mol. The summed E-state index contributed by atoms with van der Waals surface area (Å²) >= 11 is 5.79. The molecule has 112 valence electrons. The van der Waals surface area contributed by atoms with Crippen molar-refractivity contribution in [2.24, 2.45) is 0 Å². The summed E-state index contributed by atoms with van der Waals surface area (Å²) in [6.07, 6.45) is 1.73. The number of nitrogens with one attached hydrogen (secondary N) is 1. The molecule has 0 radical (unpaired) electrons. The predicted octanol–water partition coefficient (Wildman–Crippen LogP) is 2.81. The third kappa shape index (κ3) is 4.23. The Balaban J connectivity index is 1.85. The Bertz CT molecular complexity index is 595. The first kappa shape index (κ1) is 15.4. The minimum absolute atomic E-state index is 0.0355. The zero-order valence-electron chi connectivity index (χ0n) is 12.0. The highest BCUT2D eigenvalue weighted by atomic mass is 35.5. The third-order valence-corrected chi connectivity index (χ3v) is 3.31. The lowest BCUT2D eigenvalue weighted by Gasteiger charge is -2.15. The number of ether oxygens (including phenoxy) is 1. The molecule has 0 saturated carbocycles. The van der Waals surface area contributed by atoms with Crippen LogP contribution in [0.1, 0.15) is 25.6 Å². The van der Waals surface area contributed by atoms with Gasteiger partial charge in [0.2, 0.25) is 0 Å². The zero-order valence-corrected chi connectivity index (χ0v) is 12.8. The van der Waals surface area contributed by atoms with Gasteiger partial charge in [-0.15, -0.1) is 0 Å². The number of aromatic nitrogens is 2. The molecule has 1 unspecified atom stereocenters. The van der Waals surface area contributed by atoms with Crippen LogP contribution < -0.4 is 10.1 Å². The van der Waals surface area contributed by atoms with Gasteiger partial charge in [-0.1, -0.05) is 11.6 Å². The van der Waals surface area contributed by atoms with Crippen LogP contribution in [0.15, 0.2) is 36.5 Å². The second kappa shape index (κ2) is 7.13. The number of nitrogens with zero attached hydrogens (tertiary/aromatic N) is 2. The molecule has 0 aliphatic carbocycles. The first-order chi connectivity index (χ1) is 10.1. The Morgan fingerprint density at radius 3 is 2.76 bits per heavy atom. The Morgan fingerprint density at radius 2 is 2.10 bits per heavy atom. The van der Waals surface area contributed by atoms with Gasteiger partial charge in [0.05, 0.1) is 11.7 Å². The van der Waals surface area contributed by atoms with Gasteiger partial charge in [-0.25, -0.2) is 0 Å². The maximum absolute atomic E-state index is 11.9. The normalized spacial score (nSPS) is 12.0. The molecule has 21 heavy (non-hydrogen) atoms. The van der Waals surface area contributed by atoms with Gasteiger partial charge in [0, 0.05) is 17.8 Å². The lowest BCUT2D eigenvalue weighted by Crippen LogP contribution is -2.32. The van der Waals surface area contributed by atoms with Crippen LogP contribution in [0.4, 0.5) is 0 Å². The van der Waals surface area contributed by atoms with E-state index in [1.807, 2.05) is 24.6 Å². The fraction of sp³-hybridized carbons (Fsp3) is 0.333. The molecule has 0 aliphatic heterocycles. The minimum atomic E-state index is -0.179. The number of carbonyl (C=O) groups excluding carboxylic acids is 1. The van der Waals surface area contributed by atoms with Crippen molar-refractivity contribution < 1.29 is 9.53 Å². The smallest absolute Gasteiger partial charge is 0.258 e. The highest BCUT2D eigenvalue weighted by Crippen LogP contribution is 2.15. The second-order valence-electron chi connectivity index (χ2n) is 4.60. The number of benzene rings is 1. The van der Waals surface area contributed by atoms with E-state index in [-0.39, 0.29) is 18.6 Å². The van der Waals surface area contributed by atoms with Crippen LogP contribution in [0.2, 0.25) is 5.02 Å². The lowest BCUT2D eigenvalue weighted by atomic mass is 10.2. The van der Waals surface area contributed by atoms with Crippen molar-refractivity contribution in [3.8, 4) is 5.75 Å². The summed E-state index contributed by atoms with van der Waals surface area (Å²) in [5.41, 5.74) is 0.970. The molecular weight excluding hydrogens is 290 g/mol. The molecule has 1 aromatic heterocycles. The standard InChI is InChI=1S/C15H18ClN3O2/c1-3-19-14(8-9-17-19)11(2)18-15(20)10-21-13-6-4-12(16)5-7-13/h4-9,11H,3,10H2,1-2H3,(H,18,20). The molecule has 6 heteroatoms. The Morgan fingerprint density at radius 1 is 1.38 bits per heavy atom. The van der Waals surface area contributed by atoms with Crippen LogP contribution in [-0.4, -0.2) is 22.3 Å². The Hall–Kier alpha value is -2.01. The maximum Gasteiger partial charge on any atom is 0.258 e.